The molecule has 2 aromatic rings. The second-order valence-corrected chi connectivity index (χ2v) is 10.5. The second kappa shape index (κ2) is 7.59. The lowest BCUT2D eigenvalue weighted by Gasteiger charge is -2.12. The Balaban J connectivity index is 1.68. The summed E-state index contributed by atoms with van der Waals surface area (Å²) >= 11 is 5.77. The first-order valence-corrected chi connectivity index (χ1v) is 11.6. The average molecular weight is 430 g/mol. The van der Waals surface area contributed by atoms with Gasteiger partial charge in [-0.1, -0.05) is 11.6 Å². The van der Waals surface area contributed by atoms with E-state index in [-0.39, 0.29) is 28.4 Å². The number of hydrogen-bond acceptors (Lipinski definition) is 6. The normalized spacial score (nSPS) is 18.9. The Hall–Kier alpha value is -1.94. The lowest BCUT2D eigenvalue weighted by molar-refractivity contribution is 0.0734. The number of ether oxygens (including phenoxy) is 1. The average Bonchev–Trinajstić information content (AvgIpc) is 2.95. The van der Waals surface area contributed by atoms with Crippen LogP contribution in [-0.2, 0) is 19.9 Å². The van der Waals surface area contributed by atoms with Crippen molar-refractivity contribution in [1.82, 2.24) is 4.72 Å². The molecule has 0 aromatic heterocycles. The van der Waals surface area contributed by atoms with Crippen LogP contribution in [0.25, 0.3) is 0 Å². The van der Waals surface area contributed by atoms with Crippen LogP contribution < -0.4 is 9.46 Å². The first-order valence-electron chi connectivity index (χ1n) is 7.95. The highest BCUT2D eigenvalue weighted by molar-refractivity contribution is 7.92. The highest BCUT2D eigenvalue weighted by Crippen LogP contribution is 2.19. The van der Waals surface area contributed by atoms with E-state index in [0.29, 0.717) is 10.8 Å². The fraction of sp³-hybridized carbons (Fsp3) is 0.235. The van der Waals surface area contributed by atoms with Crippen LogP contribution in [0.3, 0.4) is 0 Å². The monoisotopic (exact) mass is 429 g/mol. The standard InChI is InChI=1S/C17H16ClNO6S2/c18-13-3-5-15(6-4-13)25-17(20)12-1-7-16(8-2-12)27(23,24)19-14-9-10-26(21,22)11-14/h1-8,14,19H,9-11H2. The number of carbonyl (C=O) groups is 1. The fourth-order valence-electron chi connectivity index (χ4n) is 2.61. The molecule has 1 aliphatic rings. The van der Waals surface area contributed by atoms with Gasteiger partial charge < -0.3 is 4.74 Å². The number of benzene rings is 2. The summed E-state index contributed by atoms with van der Waals surface area (Å²) < 4.78 is 55.2. The molecule has 2 aromatic carbocycles. The minimum absolute atomic E-state index is 0.0321. The van der Waals surface area contributed by atoms with Crippen LogP contribution in [0.5, 0.6) is 5.75 Å². The van der Waals surface area contributed by atoms with Crippen molar-refractivity contribution in [3.8, 4) is 5.75 Å². The van der Waals surface area contributed by atoms with Crippen LogP contribution in [0.4, 0.5) is 0 Å². The van der Waals surface area contributed by atoms with Crippen LogP contribution in [0, 0.1) is 0 Å². The van der Waals surface area contributed by atoms with Gasteiger partial charge in [0.15, 0.2) is 9.84 Å². The zero-order valence-corrected chi connectivity index (χ0v) is 16.4. The Bertz CT molecular complexity index is 1050. The van der Waals surface area contributed by atoms with E-state index in [1.165, 1.54) is 24.3 Å². The van der Waals surface area contributed by atoms with E-state index in [9.17, 15) is 21.6 Å². The predicted octanol–water partition coefficient (Wildman–Crippen LogP) is 2.02. The van der Waals surface area contributed by atoms with E-state index in [0.717, 1.165) is 0 Å². The molecule has 1 unspecified atom stereocenters. The number of halogens is 1. The van der Waals surface area contributed by atoms with Gasteiger partial charge in [-0.15, -0.1) is 0 Å². The Kier molecular flexibility index (Phi) is 5.57. The molecule has 1 saturated heterocycles. The molecule has 1 aliphatic heterocycles. The summed E-state index contributed by atoms with van der Waals surface area (Å²) in [5.74, 6) is -0.575. The predicted molar refractivity (Wildman–Crippen MR) is 100 cm³/mol. The summed E-state index contributed by atoms with van der Waals surface area (Å²) in [4.78, 5) is 12.1. The molecule has 1 heterocycles. The maximum atomic E-state index is 12.4. The van der Waals surface area contributed by atoms with E-state index in [4.69, 9.17) is 16.3 Å². The van der Waals surface area contributed by atoms with Gasteiger partial charge in [0.05, 0.1) is 22.0 Å². The molecule has 1 N–H and O–H groups in total. The summed E-state index contributed by atoms with van der Waals surface area (Å²) in [5, 5.41) is 0.506. The van der Waals surface area contributed by atoms with Crippen LogP contribution >= 0.6 is 11.6 Å². The molecule has 3 rings (SSSR count). The van der Waals surface area contributed by atoms with E-state index in [1.54, 1.807) is 24.3 Å². The van der Waals surface area contributed by atoms with Crippen molar-refractivity contribution in [3.05, 3.63) is 59.1 Å². The van der Waals surface area contributed by atoms with Gasteiger partial charge in [0.2, 0.25) is 10.0 Å². The van der Waals surface area contributed by atoms with Crippen molar-refractivity contribution in [2.24, 2.45) is 0 Å². The lowest BCUT2D eigenvalue weighted by Crippen LogP contribution is -2.35. The minimum Gasteiger partial charge on any atom is -0.423 e. The first kappa shape index (κ1) is 19.8. The van der Waals surface area contributed by atoms with Gasteiger partial charge in [0, 0.05) is 11.1 Å². The maximum Gasteiger partial charge on any atom is 0.343 e. The number of nitrogens with one attached hydrogen (secondary N) is 1. The van der Waals surface area contributed by atoms with Crippen molar-refractivity contribution in [2.45, 2.75) is 17.4 Å². The molecule has 144 valence electrons. The highest BCUT2D eigenvalue weighted by atomic mass is 35.5. The van der Waals surface area contributed by atoms with E-state index in [1.807, 2.05) is 0 Å². The largest absolute Gasteiger partial charge is 0.423 e. The zero-order chi connectivity index (χ0) is 19.7. The summed E-state index contributed by atoms with van der Waals surface area (Å²) in [6, 6.07) is 10.8. The Morgan fingerprint density at radius 2 is 1.70 bits per heavy atom. The summed E-state index contributed by atoms with van der Waals surface area (Å²) in [6.45, 7) is 0. The van der Waals surface area contributed by atoms with Crippen molar-refractivity contribution in [2.75, 3.05) is 11.5 Å². The fourth-order valence-corrected chi connectivity index (χ4v) is 5.79. The Morgan fingerprint density at radius 3 is 2.26 bits per heavy atom. The molecule has 10 heteroatoms. The van der Waals surface area contributed by atoms with Crippen molar-refractivity contribution in [1.29, 1.82) is 0 Å². The first-order chi connectivity index (χ1) is 12.6. The van der Waals surface area contributed by atoms with Crippen LogP contribution in [-0.4, -0.2) is 40.4 Å². The number of sulfone groups is 1. The molecular weight excluding hydrogens is 414 g/mol. The van der Waals surface area contributed by atoms with E-state index in [2.05, 4.69) is 4.72 Å². The third-order valence-electron chi connectivity index (χ3n) is 3.98. The SMILES string of the molecule is O=C(Oc1ccc(Cl)cc1)c1ccc(S(=O)(=O)NC2CCS(=O)(=O)C2)cc1. The molecule has 1 fully saturated rings. The molecule has 0 bridgehead atoms. The minimum atomic E-state index is -3.88. The molecule has 0 radical (unpaired) electrons. The summed E-state index contributed by atoms with van der Waals surface area (Å²) in [5.41, 5.74) is 0.173. The molecule has 0 aliphatic carbocycles. The van der Waals surface area contributed by atoms with Crippen molar-refractivity contribution >= 4 is 37.4 Å². The maximum absolute atomic E-state index is 12.4. The van der Waals surface area contributed by atoms with Gasteiger partial charge in [0.25, 0.3) is 0 Å². The smallest absolute Gasteiger partial charge is 0.343 e. The summed E-state index contributed by atoms with van der Waals surface area (Å²) in [6.07, 6.45) is 0.243. The van der Waals surface area contributed by atoms with Gasteiger partial charge in [0.1, 0.15) is 5.75 Å². The number of esters is 1. The third-order valence-corrected chi connectivity index (χ3v) is 7.54. The lowest BCUT2D eigenvalue weighted by atomic mass is 10.2. The quantitative estimate of drug-likeness (QED) is 0.575. The summed E-state index contributed by atoms with van der Waals surface area (Å²) in [7, 11) is -7.08. The van der Waals surface area contributed by atoms with Crippen LogP contribution in [0.2, 0.25) is 5.02 Å². The highest BCUT2D eigenvalue weighted by Gasteiger charge is 2.31. The van der Waals surface area contributed by atoms with Gasteiger partial charge >= 0.3 is 5.97 Å². The zero-order valence-electron chi connectivity index (χ0n) is 14.0. The number of rotatable bonds is 5. The number of hydrogen-bond donors (Lipinski definition) is 1. The molecule has 0 saturated carbocycles. The molecule has 7 nitrogen and oxygen atoms in total. The molecule has 0 amide bonds. The topological polar surface area (TPSA) is 107 Å². The Morgan fingerprint density at radius 1 is 1.07 bits per heavy atom. The van der Waals surface area contributed by atoms with Crippen LogP contribution in [0.1, 0.15) is 16.8 Å². The van der Waals surface area contributed by atoms with Crippen LogP contribution in [0.15, 0.2) is 53.4 Å². The molecule has 1 atom stereocenters. The Labute approximate surface area is 162 Å². The van der Waals surface area contributed by atoms with Gasteiger partial charge in [-0.2, -0.15) is 0 Å². The second-order valence-electron chi connectivity index (χ2n) is 6.09. The van der Waals surface area contributed by atoms with E-state index < -0.39 is 31.9 Å². The van der Waals surface area contributed by atoms with Crippen molar-refractivity contribution < 1.29 is 26.4 Å². The third kappa shape index (κ3) is 5.07. The van der Waals surface area contributed by atoms with Crippen molar-refractivity contribution in [3.63, 3.8) is 0 Å². The van der Waals surface area contributed by atoms with Gasteiger partial charge in [-0.3, -0.25) is 0 Å². The van der Waals surface area contributed by atoms with Gasteiger partial charge in [-0.25, -0.2) is 26.4 Å². The molecule has 0 spiro atoms. The molecule has 27 heavy (non-hydrogen) atoms. The van der Waals surface area contributed by atoms with E-state index >= 15 is 0 Å². The molecular formula is C17H16ClNO6S2. The number of sulfonamides is 1. The number of carbonyl (C=O) groups excluding carboxylic acids is 1. The van der Waals surface area contributed by atoms with Gasteiger partial charge in [-0.05, 0) is 55.0 Å².